The first-order chi connectivity index (χ1) is 6.30. The monoisotopic (exact) mass is 197 g/mol. The molecule has 0 aliphatic carbocycles. The Kier molecular flexibility index (Phi) is 3.30. The lowest BCUT2D eigenvalue weighted by Gasteiger charge is -2.50. The van der Waals surface area contributed by atoms with Crippen LogP contribution in [0.3, 0.4) is 0 Å². The van der Waals surface area contributed by atoms with Crippen LogP contribution in [0.4, 0.5) is 0 Å². The first kappa shape index (κ1) is 12.0. The molecule has 0 amide bonds. The highest BCUT2D eigenvalue weighted by Crippen LogP contribution is 2.47. The number of rotatable bonds is 1. The predicted octanol–water partition coefficient (Wildman–Crippen LogP) is 3.54. The molecule has 84 valence electrons. The quantitative estimate of drug-likeness (QED) is 0.621. The molecule has 14 heavy (non-hydrogen) atoms. The van der Waals surface area contributed by atoms with E-state index < -0.39 is 0 Å². The number of hydrogen-bond acceptors (Lipinski definition) is 1. The summed E-state index contributed by atoms with van der Waals surface area (Å²) >= 11 is 0. The molecule has 0 spiro atoms. The highest BCUT2D eigenvalue weighted by molar-refractivity contribution is 4.93. The Morgan fingerprint density at radius 1 is 1.36 bits per heavy atom. The number of nitrogens with zero attached hydrogens (tertiary/aromatic N) is 1. The largest absolute Gasteiger partial charge is 0.301 e. The highest BCUT2D eigenvalue weighted by atomic mass is 15.2. The lowest BCUT2D eigenvalue weighted by Crippen LogP contribution is -2.49. The van der Waals surface area contributed by atoms with E-state index in [0.717, 1.165) is 6.04 Å². The van der Waals surface area contributed by atoms with Crippen LogP contribution in [0.2, 0.25) is 0 Å². The van der Waals surface area contributed by atoms with Crippen LogP contribution in [0.15, 0.2) is 0 Å². The topological polar surface area (TPSA) is 3.24 Å². The molecule has 0 saturated carbocycles. The zero-order valence-corrected chi connectivity index (χ0v) is 10.9. The molecule has 1 heterocycles. The SMILES string of the molecule is CCN1CCC(C)(C(C)(C)C)CC1C. The molecule has 0 bridgehead atoms. The summed E-state index contributed by atoms with van der Waals surface area (Å²) in [5.41, 5.74) is 0.971. The van der Waals surface area contributed by atoms with Gasteiger partial charge in [-0.2, -0.15) is 0 Å². The second-order valence-corrected chi connectivity index (χ2v) is 6.24. The molecule has 1 nitrogen and oxygen atoms in total. The molecular formula is C13H27N. The van der Waals surface area contributed by atoms with Crippen molar-refractivity contribution in [2.24, 2.45) is 10.8 Å². The Morgan fingerprint density at radius 2 is 1.93 bits per heavy atom. The van der Waals surface area contributed by atoms with Gasteiger partial charge < -0.3 is 4.90 Å². The Bertz CT molecular complexity index is 192. The van der Waals surface area contributed by atoms with Gasteiger partial charge in [-0.3, -0.25) is 0 Å². The van der Waals surface area contributed by atoms with Crippen molar-refractivity contribution >= 4 is 0 Å². The van der Waals surface area contributed by atoms with E-state index in [0.29, 0.717) is 10.8 Å². The number of piperidine rings is 1. The Balaban J connectivity index is 2.70. The van der Waals surface area contributed by atoms with E-state index in [-0.39, 0.29) is 0 Å². The smallest absolute Gasteiger partial charge is 0.00722 e. The molecule has 0 aromatic rings. The van der Waals surface area contributed by atoms with Crippen molar-refractivity contribution < 1.29 is 0 Å². The number of hydrogen-bond donors (Lipinski definition) is 0. The van der Waals surface area contributed by atoms with Crippen molar-refractivity contribution in [3.63, 3.8) is 0 Å². The van der Waals surface area contributed by atoms with E-state index in [2.05, 4.69) is 46.4 Å². The lowest BCUT2D eigenvalue weighted by atomic mass is 9.61. The molecule has 1 aliphatic rings. The van der Waals surface area contributed by atoms with E-state index >= 15 is 0 Å². The standard InChI is InChI=1S/C13H27N/c1-7-14-9-8-13(6,10-11(14)2)12(3,4)5/h11H,7-10H2,1-6H3. The van der Waals surface area contributed by atoms with Crippen molar-refractivity contribution in [1.82, 2.24) is 4.90 Å². The average Bonchev–Trinajstić information content (AvgIpc) is 2.02. The third-order valence-electron chi connectivity index (χ3n) is 4.54. The molecule has 1 aliphatic heterocycles. The van der Waals surface area contributed by atoms with Crippen LogP contribution < -0.4 is 0 Å². The third-order valence-corrected chi connectivity index (χ3v) is 4.54. The van der Waals surface area contributed by atoms with Crippen molar-refractivity contribution in [1.29, 1.82) is 0 Å². The van der Waals surface area contributed by atoms with Gasteiger partial charge >= 0.3 is 0 Å². The minimum atomic E-state index is 0.446. The Morgan fingerprint density at radius 3 is 2.29 bits per heavy atom. The van der Waals surface area contributed by atoms with Crippen LogP contribution in [0.1, 0.15) is 54.4 Å². The summed E-state index contributed by atoms with van der Waals surface area (Å²) in [7, 11) is 0. The summed E-state index contributed by atoms with van der Waals surface area (Å²) in [5, 5.41) is 0. The van der Waals surface area contributed by atoms with Crippen LogP contribution in [-0.4, -0.2) is 24.0 Å². The fourth-order valence-electron chi connectivity index (χ4n) is 2.64. The van der Waals surface area contributed by atoms with E-state index in [1.165, 1.54) is 25.9 Å². The molecule has 1 heteroatoms. The van der Waals surface area contributed by atoms with Gasteiger partial charge in [-0.1, -0.05) is 34.6 Å². The third kappa shape index (κ3) is 2.13. The van der Waals surface area contributed by atoms with Gasteiger partial charge in [0.05, 0.1) is 0 Å². The fourth-order valence-corrected chi connectivity index (χ4v) is 2.64. The average molecular weight is 197 g/mol. The Labute approximate surface area is 89.9 Å². The summed E-state index contributed by atoms with van der Waals surface area (Å²) < 4.78 is 0. The van der Waals surface area contributed by atoms with E-state index in [1.54, 1.807) is 0 Å². The van der Waals surface area contributed by atoms with E-state index in [4.69, 9.17) is 0 Å². The van der Waals surface area contributed by atoms with Gasteiger partial charge in [0.25, 0.3) is 0 Å². The molecule has 0 N–H and O–H groups in total. The van der Waals surface area contributed by atoms with Gasteiger partial charge in [-0.05, 0) is 43.7 Å². The maximum atomic E-state index is 2.60. The lowest BCUT2D eigenvalue weighted by molar-refractivity contribution is -0.00474. The molecule has 0 aromatic heterocycles. The van der Waals surface area contributed by atoms with Crippen molar-refractivity contribution in [3.05, 3.63) is 0 Å². The summed E-state index contributed by atoms with van der Waals surface area (Å²) in [6.45, 7) is 16.8. The predicted molar refractivity (Wildman–Crippen MR) is 63.5 cm³/mol. The van der Waals surface area contributed by atoms with Gasteiger partial charge in [-0.25, -0.2) is 0 Å². The Hall–Kier alpha value is -0.0400. The maximum absolute atomic E-state index is 2.60. The fraction of sp³-hybridized carbons (Fsp3) is 1.00. The van der Waals surface area contributed by atoms with Crippen LogP contribution in [0, 0.1) is 10.8 Å². The number of likely N-dealkylation sites (tertiary alicyclic amines) is 1. The van der Waals surface area contributed by atoms with Crippen molar-refractivity contribution in [2.45, 2.75) is 60.4 Å². The minimum Gasteiger partial charge on any atom is -0.301 e. The van der Waals surface area contributed by atoms with Gasteiger partial charge in [0, 0.05) is 6.04 Å². The first-order valence-electron chi connectivity index (χ1n) is 6.04. The molecular weight excluding hydrogens is 170 g/mol. The second kappa shape index (κ2) is 3.84. The van der Waals surface area contributed by atoms with Gasteiger partial charge in [0.2, 0.25) is 0 Å². The molecule has 1 rings (SSSR count). The van der Waals surface area contributed by atoms with Gasteiger partial charge in [-0.15, -0.1) is 0 Å². The molecule has 2 unspecified atom stereocenters. The normalized spacial score (nSPS) is 36.0. The second-order valence-electron chi connectivity index (χ2n) is 6.24. The van der Waals surface area contributed by atoms with Gasteiger partial charge in [0.1, 0.15) is 0 Å². The molecule has 0 radical (unpaired) electrons. The summed E-state index contributed by atoms with van der Waals surface area (Å²) in [5.74, 6) is 0. The van der Waals surface area contributed by atoms with E-state index in [1.807, 2.05) is 0 Å². The zero-order valence-electron chi connectivity index (χ0n) is 10.9. The summed E-state index contributed by atoms with van der Waals surface area (Å²) in [4.78, 5) is 2.60. The zero-order chi connectivity index (χ0) is 11.0. The molecule has 2 atom stereocenters. The van der Waals surface area contributed by atoms with Crippen LogP contribution in [-0.2, 0) is 0 Å². The van der Waals surface area contributed by atoms with Gasteiger partial charge in [0.15, 0.2) is 0 Å². The summed E-state index contributed by atoms with van der Waals surface area (Å²) in [6, 6.07) is 0.762. The first-order valence-corrected chi connectivity index (χ1v) is 6.04. The molecule has 1 saturated heterocycles. The highest BCUT2D eigenvalue weighted by Gasteiger charge is 2.41. The molecule has 0 aromatic carbocycles. The molecule has 1 fully saturated rings. The van der Waals surface area contributed by atoms with E-state index in [9.17, 15) is 0 Å². The van der Waals surface area contributed by atoms with Crippen LogP contribution in [0.25, 0.3) is 0 Å². The van der Waals surface area contributed by atoms with Crippen molar-refractivity contribution in [2.75, 3.05) is 13.1 Å². The maximum Gasteiger partial charge on any atom is 0.00722 e. The summed E-state index contributed by atoms with van der Waals surface area (Å²) in [6.07, 6.45) is 2.71. The van der Waals surface area contributed by atoms with Crippen LogP contribution >= 0.6 is 0 Å². The van der Waals surface area contributed by atoms with Crippen LogP contribution in [0.5, 0.6) is 0 Å². The minimum absolute atomic E-state index is 0.446. The van der Waals surface area contributed by atoms with Crippen molar-refractivity contribution in [3.8, 4) is 0 Å².